The zero-order valence-electron chi connectivity index (χ0n) is 18.5. The SMILES string of the molecule is COc1cc(-c2ccc(-c3ccc(O[C@H]4C[C@]5(C)CC[C@](C)(C4)N5)nn3)c(O)c2)cnn1. The predicted octanol–water partition coefficient (Wildman–Crippen LogP) is 3.76. The monoisotopic (exact) mass is 433 g/mol. The minimum absolute atomic E-state index is 0.108. The fourth-order valence-electron chi connectivity index (χ4n) is 5.10. The van der Waals surface area contributed by atoms with Crippen molar-refractivity contribution in [1.82, 2.24) is 25.7 Å². The van der Waals surface area contributed by atoms with Gasteiger partial charge in [-0.15, -0.1) is 15.3 Å². The van der Waals surface area contributed by atoms with E-state index in [1.807, 2.05) is 24.3 Å². The van der Waals surface area contributed by atoms with Crippen LogP contribution in [0.25, 0.3) is 22.4 Å². The number of benzene rings is 1. The molecule has 32 heavy (non-hydrogen) atoms. The van der Waals surface area contributed by atoms with Gasteiger partial charge in [0.2, 0.25) is 11.8 Å². The molecule has 2 aliphatic rings. The van der Waals surface area contributed by atoms with Crippen LogP contribution in [0.5, 0.6) is 17.5 Å². The maximum Gasteiger partial charge on any atom is 0.233 e. The number of aromatic hydroxyl groups is 1. The van der Waals surface area contributed by atoms with Crippen molar-refractivity contribution < 1.29 is 14.6 Å². The molecule has 2 saturated heterocycles. The van der Waals surface area contributed by atoms with Gasteiger partial charge in [-0.25, -0.2) is 0 Å². The lowest BCUT2D eigenvalue weighted by Crippen LogP contribution is -2.56. The molecule has 0 amide bonds. The third kappa shape index (κ3) is 3.98. The number of rotatable bonds is 5. The van der Waals surface area contributed by atoms with Crippen LogP contribution in [0.2, 0.25) is 0 Å². The maximum atomic E-state index is 10.6. The molecule has 8 nitrogen and oxygen atoms in total. The number of nitrogens with zero attached hydrogens (tertiary/aromatic N) is 4. The van der Waals surface area contributed by atoms with E-state index < -0.39 is 0 Å². The number of methoxy groups -OCH3 is 1. The van der Waals surface area contributed by atoms with Gasteiger partial charge in [-0.1, -0.05) is 6.07 Å². The van der Waals surface area contributed by atoms with Crippen molar-refractivity contribution in [2.75, 3.05) is 7.11 Å². The van der Waals surface area contributed by atoms with Crippen molar-refractivity contribution >= 4 is 0 Å². The van der Waals surface area contributed by atoms with E-state index in [9.17, 15) is 5.11 Å². The largest absolute Gasteiger partial charge is 0.507 e. The predicted molar refractivity (Wildman–Crippen MR) is 120 cm³/mol. The maximum absolute atomic E-state index is 10.6. The van der Waals surface area contributed by atoms with Crippen LogP contribution in [0.3, 0.4) is 0 Å². The summed E-state index contributed by atoms with van der Waals surface area (Å²) in [4.78, 5) is 0. The Kier molecular flexibility index (Phi) is 4.97. The van der Waals surface area contributed by atoms with Gasteiger partial charge in [0.05, 0.1) is 19.0 Å². The Balaban J connectivity index is 1.32. The molecule has 2 aromatic heterocycles. The van der Waals surface area contributed by atoms with Crippen LogP contribution in [-0.2, 0) is 0 Å². The summed E-state index contributed by atoms with van der Waals surface area (Å²) in [5.41, 5.74) is 3.04. The summed E-state index contributed by atoms with van der Waals surface area (Å²) in [5.74, 6) is 1.03. The van der Waals surface area contributed by atoms with Gasteiger partial charge in [-0.05, 0) is 50.5 Å². The van der Waals surface area contributed by atoms with E-state index in [0.29, 0.717) is 23.0 Å². The molecule has 0 saturated carbocycles. The second kappa shape index (κ2) is 7.70. The highest BCUT2D eigenvalue weighted by Gasteiger charge is 2.49. The zero-order valence-corrected chi connectivity index (χ0v) is 18.5. The number of aromatic nitrogens is 4. The number of phenolic OH excluding ortho intramolecular Hbond substituents is 1. The summed E-state index contributed by atoms with van der Waals surface area (Å²) in [5, 5.41) is 30.7. The molecule has 0 spiro atoms. The average Bonchev–Trinajstić information content (AvgIpc) is 3.01. The first-order valence-electron chi connectivity index (χ1n) is 10.9. The minimum atomic E-state index is 0.108. The van der Waals surface area contributed by atoms with Crippen molar-refractivity contribution in [2.45, 2.75) is 56.7 Å². The lowest BCUT2D eigenvalue weighted by Gasteiger charge is -2.41. The van der Waals surface area contributed by atoms with Crippen LogP contribution in [-0.4, -0.2) is 49.8 Å². The number of fused-ring (bicyclic) bond motifs is 2. The van der Waals surface area contributed by atoms with E-state index in [1.54, 1.807) is 18.3 Å². The minimum Gasteiger partial charge on any atom is -0.507 e. The van der Waals surface area contributed by atoms with Gasteiger partial charge in [-0.3, -0.25) is 0 Å². The van der Waals surface area contributed by atoms with Crippen LogP contribution in [0.15, 0.2) is 42.6 Å². The molecular weight excluding hydrogens is 406 g/mol. The number of phenols is 1. The van der Waals surface area contributed by atoms with E-state index in [2.05, 4.69) is 39.6 Å². The molecule has 2 bridgehead atoms. The van der Waals surface area contributed by atoms with Gasteiger partial charge < -0.3 is 19.9 Å². The summed E-state index contributed by atoms with van der Waals surface area (Å²) < 4.78 is 11.3. The summed E-state index contributed by atoms with van der Waals surface area (Å²) in [6.07, 6.45) is 6.01. The lowest BCUT2D eigenvalue weighted by atomic mass is 9.86. The standard InChI is InChI=1S/C24H27N5O3/c1-23-8-9-24(2,29-23)13-17(12-23)32-21-7-6-19(26-28-21)18-5-4-15(10-20(18)30)16-11-22(31-3)27-25-14-16/h4-7,10-11,14,17,29-30H,8-9,12-13H2,1-3H3/t17-,23-,24+. The molecule has 8 heteroatoms. The molecule has 5 rings (SSSR count). The third-order valence-electron chi connectivity index (χ3n) is 6.56. The smallest absolute Gasteiger partial charge is 0.233 e. The Morgan fingerprint density at radius 3 is 2.38 bits per heavy atom. The van der Waals surface area contributed by atoms with Gasteiger partial charge in [0.15, 0.2) is 0 Å². The van der Waals surface area contributed by atoms with Crippen LogP contribution >= 0.6 is 0 Å². The number of ether oxygens (including phenoxy) is 2. The Hall–Kier alpha value is -3.26. The van der Waals surface area contributed by atoms with Gasteiger partial charge in [0.1, 0.15) is 11.9 Å². The highest BCUT2D eigenvalue weighted by atomic mass is 16.5. The highest BCUT2D eigenvalue weighted by molar-refractivity contribution is 5.74. The van der Waals surface area contributed by atoms with Crippen LogP contribution in [0.4, 0.5) is 0 Å². The van der Waals surface area contributed by atoms with Gasteiger partial charge in [-0.2, -0.15) is 5.10 Å². The van der Waals surface area contributed by atoms with E-state index in [-0.39, 0.29) is 22.9 Å². The van der Waals surface area contributed by atoms with E-state index in [0.717, 1.165) is 24.0 Å². The van der Waals surface area contributed by atoms with E-state index >= 15 is 0 Å². The highest BCUT2D eigenvalue weighted by Crippen LogP contribution is 2.43. The number of piperidine rings is 1. The van der Waals surface area contributed by atoms with Crippen LogP contribution < -0.4 is 14.8 Å². The first kappa shape index (κ1) is 20.6. The molecule has 0 unspecified atom stereocenters. The van der Waals surface area contributed by atoms with Gasteiger partial charge >= 0.3 is 0 Å². The Morgan fingerprint density at radius 2 is 1.72 bits per heavy atom. The first-order chi connectivity index (χ1) is 15.3. The van der Waals surface area contributed by atoms with Crippen molar-refractivity contribution in [1.29, 1.82) is 0 Å². The van der Waals surface area contributed by atoms with E-state index in [1.165, 1.54) is 20.0 Å². The van der Waals surface area contributed by atoms with Crippen LogP contribution in [0.1, 0.15) is 39.5 Å². The molecule has 0 radical (unpaired) electrons. The second-order valence-electron chi connectivity index (χ2n) is 9.37. The fourth-order valence-corrected chi connectivity index (χ4v) is 5.10. The van der Waals surface area contributed by atoms with Crippen LogP contribution in [0, 0.1) is 0 Å². The van der Waals surface area contributed by atoms with Crippen molar-refractivity contribution in [2.24, 2.45) is 0 Å². The fraction of sp³-hybridized carbons (Fsp3) is 0.417. The zero-order chi connectivity index (χ0) is 22.3. The molecule has 166 valence electrons. The topological polar surface area (TPSA) is 102 Å². The lowest BCUT2D eigenvalue weighted by molar-refractivity contribution is 0.0754. The molecule has 1 aromatic carbocycles. The Labute approximate surface area is 187 Å². The normalized spacial score (nSPS) is 26.7. The van der Waals surface area contributed by atoms with Crippen molar-refractivity contribution in [3.8, 4) is 39.9 Å². The number of hydrogen-bond acceptors (Lipinski definition) is 8. The molecule has 3 atom stereocenters. The third-order valence-corrected chi connectivity index (χ3v) is 6.56. The summed E-state index contributed by atoms with van der Waals surface area (Å²) in [6.45, 7) is 4.54. The molecule has 4 heterocycles. The number of nitrogens with one attached hydrogen (secondary N) is 1. The molecule has 2 fully saturated rings. The van der Waals surface area contributed by atoms with Gasteiger partial charge in [0, 0.05) is 47.2 Å². The number of hydrogen-bond donors (Lipinski definition) is 2. The molecule has 3 aromatic rings. The second-order valence-corrected chi connectivity index (χ2v) is 9.37. The molecule has 2 N–H and O–H groups in total. The summed E-state index contributed by atoms with van der Waals surface area (Å²) in [7, 11) is 1.54. The van der Waals surface area contributed by atoms with Crippen molar-refractivity contribution in [3.05, 3.63) is 42.6 Å². The quantitative estimate of drug-likeness (QED) is 0.627. The Bertz CT molecular complexity index is 1120. The summed E-state index contributed by atoms with van der Waals surface area (Å²) in [6, 6.07) is 10.8. The summed E-state index contributed by atoms with van der Waals surface area (Å²) >= 11 is 0. The van der Waals surface area contributed by atoms with Crippen molar-refractivity contribution in [3.63, 3.8) is 0 Å². The first-order valence-corrected chi connectivity index (χ1v) is 10.9. The van der Waals surface area contributed by atoms with Gasteiger partial charge in [0.25, 0.3) is 0 Å². The Morgan fingerprint density at radius 1 is 0.938 bits per heavy atom. The molecule has 2 aliphatic heterocycles. The van der Waals surface area contributed by atoms with E-state index in [4.69, 9.17) is 9.47 Å². The molecule has 0 aliphatic carbocycles. The average molecular weight is 434 g/mol. The molecular formula is C24H27N5O3.